The van der Waals surface area contributed by atoms with Crippen LogP contribution < -0.4 is 30.2 Å². The molecule has 2 aliphatic heterocycles. The number of benzene rings is 2. The van der Waals surface area contributed by atoms with Crippen LogP contribution in [0.5, 0.6) is 11.9 Å². The SMILES string of the molecule is CC1CNCCN1S(=O)(=O)c1c([O-])on[n+]1-c1ccc(S(=O)(=O)c2ccc(-[n+]3noc([O-])c3S(=O)(=O)N3CCNCC3C)cc2)cc1. The Labute approximate surface area is 269 Å². The van der Waals surface area contributed by atoms with Gasteiger partial charge in [-0.1, -0.05) is 0 Å². The molecule has 0 aliphatic carbocycles. The molecule has 0 saturated carbocycles. The van der Waals surface area contributed by atoms with E-state index in [1.807, 2.05) is 0 Å². The molecule has 4 heterocycles. The normalized spacial score (nSPS) is 20.4. The van der Waals surface area contributed by atoms with Crippen molar-refractivity contribution in [2.75, 3.05) is 39.3 Å². The Morgan fingerprint density at radius 1 is 0.681 bits per heavy atom. The van der Waals surface area contributed by atoms with Crippen molar-refractivity contribution in [1.82, 2.24) is 29.8 Å². The van der Waals surface area contributed by atoms with Gasteiger partial charge < -0.3 is 29.9 Å². The third-order valence-corrected chi connectivity index (χ3v) is 13.7. The first kappa shape index (κ1) is 32.9. The number of hydrogen-bond acceptors (Lipinski definition) is 14. The average molecular weight is 711 g/mol. The highest BCUT2D eigenvalue weighted by molar-refractivity contribution is 7.91. The van der Waals surface area contributed by atoms with E-state index in [9.17, 15) is 35.5 Å². The number of piperazine rings is 2. The summed E-state index contributed by atoms with van der Waals surface area (Å²) >= 11 is 0. The first-order chi connectivity index (χ1) is 22.2. The van der Waals surface area contributed by atoms with Gasteiger partial charge in [-0.05, 0) is 47.5 Å². The maximum absolute atomic E-state index is 13.5. The molecule has 6 rings (SSSR count). The van der Waals surface area contributed by atoms with Crippen molar-refractivity contribution >= 4 is 29.9 Å². The van der Waals surface area contributed by atoms with Gasteiger partial charge >= 0.3 is 30.1 Å². The highest BCUT2D eigenvalue weighted by Crippen LogP contribution is 2.27. The molecule has 0 amide bonds. The van der Waals surface area contributed by atoms with E-state index < -0.39 is 63.9 Å². The fraction of sp³-hybridized carbons (Fsp3) is 0.385. The highest BCUT2D eigenvalue weighted by Gasteiger charge is 2.43. The standard InChI is InChI=1S/C26H30N8O10S3/c1-17-15-27-11-13-31(17)46(39,40)23-25(35)43-29-33(23)19-3-7-21(8-4-19)45(37,38)22-9-5-20(6-10-22)34-24(26(36)44-30-34)47(41,42)32-14-12-28-16-18(32)2/h3-10,17-18,27-28H,11-16H2,1-2H3. The number of sulfone groups is 1. The third-order valence-electron chi connectivity index (χ3n) is 7.91. The van der Waals surface area contributed by atoms with E-state index in [2.05, 4.69) is 30.2 Å². The largest absolute Gasteiger partial charge is 0.538 e. The minimum atomic E-state index is -4.31. The van der Waals surface area contributed by atoms with Gasteiger partial charge in [0.15, 0.2) is 11.9 Å². The number of sulfonamides is 2. The van der Waals surface area contributed by atoms with Crippen LogP contribution in [0.25, 0.3) is 11.4 Å². The smallest absolute Gasteiger partial charge is 0.368 e. The van der Waals surface area contributed by atoms with Crippen LogP contribution in [0, 0.1) is 0 Å². The lowest BCUT2D eigenvalue weighted by Crippen LogP contribution is -2.54. The van der Waals surface area contributed by atoms with Gasteiger partial charge in [0.2, 0.25) is 21.2 Å². The van der Waals surface area contributed by atoms with Gasteiger partial charge in [0.05, 0.1) is 20.3 Å². The number of nitrogens with one attached hydrogen (secondary N) is 2. The Balaban J connectivity index is 1.27. The lowest BCUT2D eigenvalue weighted by atomic mass is 10.3. The van der Waals surface area contributed by atoms with Crippen molar-refractivity contribution in [1.29, 1.82) is 0 Å². The Hall–Kier alpha value is -3.99. The van der Waals surface area contributed by atoms with Crippen LogP contribution in [0.3, 0.4) is 0 Å². The molecular formula is C26H30N8O10S3. The second kappa shape index (κ2) is 12.2. The summed E-state index contributed by atoms with van der Waals surface area (Å²) in [5.74, 6) is -2.33. The van der Waals surface area contributed by atoms with Gasteiger partial charge in [-0.3, -0.25) is 0 Å². The van der Waals surface area contributed by atoms with Crippen LogP contribution in [0.15, 0.2) is 77.4 Å². The van der Waals surface area contributed by atoms with Crippen molar-refractivity contribution in [2.45, 2.75) is 45.8 Å². The molecule has 252 valence electrons. The molecule has 21 heteroatoms. The van der Waals surface area contributed by atoms with Crippen LogP contribution in [-0.4, -0.2) is 95.8 Å². The zero-order chi connectivity index (χ0) is 33.7. The fourth-order valence-corrected chi connectivity index (χ4v) is 10.2. The topological polar surface area (TPSA) is 239 Å². The van der Waals surface area contributed by atoms with E-state index in [0.29, 0.717) is 26.2 Å². The molecule has 2 aromatic carbocycles. The molecule has 2 aromatic heterocycles. The molecule has 4 aromatic rings. The first-order valence-electron chi connectivity index (χ1n) is 14.3. The van der Waals surface area contributed by atoms with E-state index in [0.717, 1.165) is 9.36 Å². The van der Waals surface area contributed by atoms with Gasteiger partial charge in [-0.2, -0.15) is 8.61 Å². The molecule has 18 nitrogen and oxygen atoms in total. The number of hydrogen-bond donors (Lipinski definition) is 2. The quantitative estimate of drug-likeness (QED) is 0.175. The van der Waals surface area contributed by atoms with Crippen molar-refractivity contribution in [3.05, 3.63) is 48.5 Å². The van der Waals surface area contributed by atoms with Crippen LogP contribution in [-0.2, 0) is 29.9 Å². The summed E-state index contributed by atoms with van der Waals surface area (Å²) in [6.07, 6.45) is 0. The van der Waals surface area contributed by atoms with Crippen molar-refractivity contribution in [3.8, 4) is 23.3 Å². The minimum Gasteiger partial charge on any atom is -0.538 e. The molecule has 2 aliphatic rings. The Kier molecular flexibility index (Phi) is 8.57. The lowest BCUT2D eigenvalue weighted by molar-refractivity contribution is -0.706. The summed E-state index contributed by atoms with van der Waals surface area (Å²) in [7, 11) is -12.8. The molecule has 0 bridgehead atoms. The average Bonchev–Trinajstić information content (AvgIpc) is 3.64. The maximum Gasteiger partial charge on any atom is 0.368 e. The van der Waals surface area contributed by atoms with E-state index in [-0.39, 0.29) is 34.3 Å². The van der Waals surface area contributed by atoms with Gasteiger partial charge in [-0.25, -0.2) is 25.3 Å². The zero-order valence-electron chi connectivity index (χ0n) is 25.0. The lowest BCUT2D eigenvalue weighted by Gasteiger charge is -2.31. The Bertz CT molecular complexity index is 1970. The number of aromatic nitrogens is 4. The fourth-order valence-electron chi connectivity index (χ4n) is 5.49. The van der Waals surface area contributed by atoms with E-state index in [4.69, 9.17) is 0 Å². The molecule has 2 unspecified atom stereocenters. The monoisotopic (exact) mass is 710 g/mol. The highest BCUT2D eigenvalue weighted by atomic mass is 32.2. The van der Waals surface area contributed by atoms with Crippen LogP contribution in [0.1, 0.15) is 13.8 Å². The predicted molar refractivity (Wildman–Crippen MR) is 153 cm³/mol. The summed E-state index contributed by atoms with van der Waals surface area (Å²) in [4.78, 5) is -0.347. The van der Waals surface area contributed by atoms with Crippen molar-refractivity contribution in [2.24, 2.45) is 0 Å². The molecular weight excluding hydrogens is 681 g/mol. The summed E-state index contributed by atoms with van der Waals surface area (Å²) in [5, 5.41) is 36.9. The number of rotatable bonds is 8. The maximum atomic E-state index is 13.5. The molecule has 2 atom stereocenters. The predicted octanol–water partition coefficient (Wildman–Crippen LogP) is -2.84. The van der Waals surface area contributed by atoms with E-state index >= 15 is 0 Å². The second-order valence-electron chi connectivity index (χ2n) is 11.0. The Morgan fingerprint density at radius 3 is 1.38 bits per heavy atom. The van der Waals surface area contributed by atoms with Crippen molar-refractivity contribution in [3.63, 3.8) is 0 Å². The molecule has 2 saturated heterocycles. The minimum absolute atomic E-state index is 0.0647. The summed E-state index contributed by atoms with van der Waals surface area (Å²) < 4.78 is 93.9. The van der Waals surface area contributed by atoms with E-state index in [1.54, 1.807) is 13.8 Å². The number of nitrogens with zero attached hydrogens (tertiary/aromatic N) is 6. The summed E-state index contributed by atoms with van der Waals surface area (Å²) in [5.41, 5.74) is 0.129. The summed E-state index contributed by atoms with van der Waals surface area (Å²) in [6, 6.07) is 9.08. The molecule has 47 heavy (non-hydrogen) atoms. The summed E-state index contributed by atoms with van der Waals surface area (Å²) in [6.45, 7) is 5.20. The second-order valence-corrected chi connectivity index (χ2v) is 16.5. The van der Waals surface area contributed by atoms with Crippen LogP contribution in [0.2, 0.25) is 0 Å². The molecule has 2 fully saturated rings. The van der Waals surface area contributed by atoms with E-state index in [1.165, 1.54) is 57.1 Å². The molecule has 0 spiro atoms. The van der Waals surface area contributed by atoms with Gasteiger partial charge in [0.25, 0.3) is 0 Å². The Morgan fingerprint density at radius 2 is 1.04 bits per heavy atom. The molecule has 2 N–H and O–H groups in total. The van der Waals surface area contributed by atoms with Crippen molar-refractivity contribution < 1.29 is 53.9 Å². The third kappa shape index (κ3) is 5.76. The zero-order valence-corrected chi connectivity index (χ0v) is 27.5. The molecule has 0 radical (unpaired) electrons. The van der Waals surface area contributed by atoms with Gasteiger partial charge in [0.1, 0.15) is 0 Å². The van der Waals surface area contributed by atoms with Crippen LogP contribution >= 0.6 is 0 Å². The van der Waals surface area contributed by atoms with Gasteiger partial charge in [-0.15, -0.1) is 0 Å². The first-order valence-corrected chi connectivity index (χ1v) is 18.7. The van der Waals surface area contributed by atoms with Crippen LogP contribution in [0.4, 0.5) is 0 Å². The van der Waals surface area contributed by atoms with Gasteiger partial charge in [0, 0.05) is 75.6 Å².